The van der Waals surface area contributed by atoms with Crippen LogP contribution >= 0.6 is 11.6 Å². The molecule has 0 saturated carbocycles. The number of benzene rings is 2. The molecule has 1 atom stereocenters. The Morgan fingerprint density at radius 3 is 2.74 bits per heavy atom. The third kappa shape index (κ3) is 5.05. The van der Waals surface area contributed by atoms with Crippen LogP contribution in [0.4, 0.5) is 11.4 Å². The molecule has 142 valence electrons. The normalized spacial score (nSPS) is 17.5. The Morgan fingerprint density at radius 2 is 2.04 bits per heavy atom. The molecule has 2 aromatic rings. The maximum Gasteiger partial charge on any atom is 0.271 e. The monoisotopic (exact) mass is 387 g/mol. The molecule has 1 aliphatic heterocycles. The van der Waals surface area contributed by atoms with E-state index in [1.807, 2.05) is 31.2 Å². The van der Waals surface area contributed by atoms with Gasteiger partial charge in [0, 0.05) is 30.2 Å². The quantitative estimate of drug-likeness (QED) is 0.609. The number of nitrogens with one attached hydrogen (secondary N) is 1. The Morgan fingerprint density at radius 1 is 1.30 bits per heavy atom. The number of hydrogen-bond donors (Lipinski definition) is 1. The summed E-state index contributed by atoms with van der Waals surface area (Å²) in [7, 11) is 0. The predicted molar refractivity (Wildman–Crippen MR) is 106 cm³/mol. The van der Waals surface area contributed by atoms with Crippen molar-refractivity contribution in [1.82, 2.24) is 4.90 Å². The van der Waals surface area contributed by atoms with E-state index in [4.69, 9.17) is 11.6 Å². The van der Waals surface area contributed by atoms with Gasteiger partial charge in [0.1, 0.15) is 0 Å². The number of hydrogen-bond acceptors (Lipinski definition) is 4. The summed E-state index contributed by atoms with van der Waals surface area (Å²) in [5.41, 5.74) is 2.45. The molecule has 0 aromatic heterocycles. The predicted octanol–water partition coefficient (Wildman–Crippen LogP) is 4.41. The van der Waals surface area contributed by atoms with Gasteiger partial charge in [-0.05, 0) is 49.6 Å². The van der Waals surface area contributed by atoms with E-state index in [1.54, 1.807) is 6.07 Å². The number of halogens is 1. The van der Waals surface area contributed by atoms with Crippen molar-refractivity contribution in [2.24, 2.45) is 5.92 Å². The van der Waals surface area contributed by atoms with Gasteiger partial charge in [-0.15, -0.1) is 0 Å². The molecule has 7 heteroatoms. The van der Waals surface area contributed by atoms with Gasteiger partial charge in [0.25, 0.3) is 5.69 Å². The van der Waals surface area contributed by atoms with E-state index in [0.29, 0.717) is 17.3 Å². The van der Waals surface area contributed by atoms with Crippen LogP contribution < -0.4 is 5.32 Å². The van der Waals surface area contributed by atoms with Crippen LogP contribution in [0, 0.1) is 23.0 Å². The van der Waals surface area contributed by atoms with E-state index in [9.17, 15) is 14.9 Å². The molecule has 1 N–H and O–H groups in total. The molecule has 3 rings (SSSR count). The third-order valence-corrected chi connectivity index (χ3v) is 5.14. The fourth-order valence-electron chi connectivity index (χ4n) is 3.35. The van der Waals surface area contributed by atoms with Crippen molar-refractivity contribution in [3.63, 3.8) is 0 Å². The van der Waals surface area contributed by atoms with Gasteiger partial charge in [-0.2, -0.15) is 0 Å². The van der Waals surface area contributed by atoms with Crippen LogP contribution in [0.2, 0.25) is 5.02 Å². The first-order valence-corrected chi connectivity index (χ1v) is 9.33. The first-order valence-electron chi connectivity index (χ1n) is 8.95. The SMILES string of the molecule is Cc1ccc([N+](=O)[O-])cc1NC(=O)C1CCCN(Cc2ccc(Cl)cc2)C1. The number of nitro benzene ring substituents is 1. The van der Waals surface area contributed by atoms with Crippen LogP contribution in [0.3, 0.4) is 0 Å². The standard InChI is InChI=1S/C20H22ClN3O3/c1-14-4-9-18(24(26)27)11-19(14)22-20(25)16-3-2-10-23(13-16)12-15-5-7-17(21)8-6-15/h4-9,11,16H,2-3,10,12-13H2,1H3,(H,22,25). The Bertz CT molecular complexity index is 839. The van der Waals surface area contributed by atoms with Gasteiger partial charge in [0.05, 0.1) is 16.5 Å². The van der Waals surface area contributed by atoms with Crippen molar-refractivity contribution in [2.45, 2.75) is 26.3 Å². The van der Waals surface area contributed by atoms with Crippen molar-refractivity contribution in [2.75, 3.05) is 18.4 Å². The zero-order valence-corrected chi connectivity index (χ0v) is 15.9. The summed E-state index contributed by atoms with van der Waals surface area (Å²) in [6.45, 7) is 4.22. The third-order valence-electron chi connectivity index (χ3n) is 4.89. The molecule has 2 aromatic carbocycles. The van der Waals surface area contributed by atoms with Crippen LogP contribution in [0.1, 0.15) is 24.0 Å². The molecule has 27 heavy (non-hydrogen) atoms. The lowest BCUT2D eigenvalue weighted by atomic mass is 9.96. The molecule has 0 spiro atoms. The zero-order valence-electron chi connectivity index (χ0n) is 15.2. The molecule has 1 heterocycles. The molecular formula is C20H22ClN3O3. The van der Waals surface area contributed by atoms with Gasteiger partial charge < -0.3 is 5.32 Å². The highest BCUT2D eigenvalue weighted by Gasteiger charge is 2.26. The Kier molecular flexibility index (Phi) is 6.08. The number of amides is 1. The average molecular weight is 388 g/mol. The number of aryl methyl sites for hydroxylation is 1. The van der Waals surface area contributed by atoms with E-state index < -0.39 is 4.92 Å². The first-order chi connectivity index (χ1) is 12.9. The lowest BCUT2D eigenvalue weighted by Gasteiger charge is -2.32. The van der Waals surface area contributed by atoms with Gasteiger partial charge in [-0.3, -0.25) is 19.8 Å². The topological polar surface area (TPSA) is 75.5 Å². The smallest absolute Gasteiger partial charge is 0.271 e. The van der Waals surface area contributed by atoms with Crippen molar-refractivity contribution in [3.8, 4) is 0 Å². The second-order valence-electron chi connectivity index (χ2n) is 6.95. The summed E-state index contributed by atoms with van der Waals surface area (Å²) in [5.74, 6) is -0.218. The number of piperidine rings is 1. The molecule has 0 bridgehead atoms. The first kappa shape index (κ1) is 19.3. The van der Waals surface area contributed by atoms with Crippen LogP contribution in [-0.4, -0.2) is 28.8 Å². The van der Waals surface area contributed by atoms with Crippen LogP contribution in [-0.2, 0) is 11.3 Å². The molecule has 1 aliphatic rings. The van der Waals surface area contributed by atoms with Crippen molar-refractivity contribution >= 4 is 28.9 Å². The second-order valence-corrected chi connectivity index (χ2v) is 7.38. The van der Waals surface area contributed by atoms with Gasteiger partial charge in [0.15, 0.2) is 0 Å². The van der Waals surface area contributed by atoms with Crippen LogP contribution in [0.15, 0.2) is 42.5 Å². The van der Waals surface area contributed by atoms with E-state index >= 15 is 0 Å². The number of nitro groups is 1. The maximum absolute atomic E-state index is 12.7. The minimum atomic E-state index is -0.455. The van der Waals surface area contributed by atoms with E-state index in [2.05, 4.69) is 10.2 Å². The summed E-state index contributed by atoms with van der Waals surface area (Å²) in [4.78, 5) is 25.5. The summed E-state index contributed by atoms with van der Waals surface area (Å²) >= 11 is 5.93. The summed E-state index contributed by atoms with van der Waals surface area (Å²) in [6, 6.07) is 12.3. The largest absolute Gasteiger partial charge is 0.325 e. The van der Waals surface area contributed by atoms with Crippen molar-refractivity contribution in [1.29, 1.82) is 0 Å². The summed E-state index contributed by atoms with van der Waals surface area (Å²) in [6.07, 6.45) is 1.76. The molecule has 6 nitrogen and oxygen atoms in total. The Balaban J connectivity index is 1.64. The number of non-ortho nitro benzene ring substituents is 1. The zero-order chi connectivity index (χ0) is 19.4. The number of carbonyl (C=O) groups excluding carboxylic acids is 1. The molecule has 1 fully saturated rings. The lowest BCUT2D eigenvalue weighted by molar-refractivity contribution is -0.384. The number of rotatable bonds is 5. The summed E-state index contributed by atoms with van der Waals surface area (Å²) < 4.78 is 0. The number of nitrogens with zero attached hydrogens (tertiary/aromatic N) is 2. The van der Waals surface area contributed by atoms with Crippen LogP contribution in [0.5, 0.6) is 0 Å². The van der Waals surface area contributed by atoms with E-state index in [-0.39, 0.29) is 17.5 Å². The van der Waals surface area contributed by atoms with Crippen LogP contribution in [0.25, 0.3) is 0 Å². The van der Waals surface area contributed by atoms with Crippen molar-refractivity contribution < 1.29 is 9.72 Å². The van der Waals surface area contributed by atoms with Crippen molar-refractivity contribution in [3.05, 3.63) is 68.7 Å². The molecule has 1 amide bonds. The maximum atomic E-state index is 12.7. The van der Waals surface area contributed by atoms with Gasteiger partial charge in [-0.25, -0.2) is 0 Å². The minimum Gasteiger partial charge on any atom is -0.325 e. The molecule has 0 aliphatic carbocycles. The average Bonchev–Trinajstić information content (AvgIpc) is 2.65. The fourth-order valence-corrected chi connectivity index (χ4v) is 3.48. The fraction of sp³-hybridized carbons (Fsp3) is 0.350. The van der Waals surface area contributed by atoms with Gasteiger partial charge in [0.2, 0.25) is 5.91 Å². The molecule has 0 radical (unpaired) electrons. The van der Waals surface area contributed by atoms with Gasteiger partial charge in [-0.1, -0.05) is 29.8 Å². The van der Waals surface area contributed by atoms with Gasteiger partial charge >= 0.3 is 0 Å². The highest BCUT2D eigenvalue weighted by Crippen LogP contribution is 2.25. The summed E-state index contributed by atoms with van der Waals surface area (Å²) in [5, 5.41) is 14.6. The highest BCUT2D eigenvalue weighted by atomic mass is 35.5. The highest BCUT2D eigenvalue weighted by molar-refractivity contribution is 6.30. The Hall–Kier alpha value is -2.44. The number of carbonyl (C=O) groups is 1. The lowest BCUT2D eigenvalue weighted by Crippen LogP contribution is -2.40. The Labute approximate surface area is 163 Å². The second kappa shape index (κ2) is 8.50. The van der Waals surface area contributed by atoms with E-state index in [0.717, 1.165) is 37.1 Å². The molecule has 1 unspecified atom stereocenters. The number of likely N-dealkylation sites (tertiary alicyclic amines) is 1. The molecule has 1 saturated heterocycles. The van der Waals surface area contributed by atoms with E-state index in [1.165, 1.54) is 12.1 Å². The number of anilines is 1. The molecular weight excluding hydrogens is 366 g/mol. The minimum absolute atomic E-state index is 0.0242.